The van der Waals surface area contributed by atoms with E-state index in [9.17, 15) is 4.79 Å². The molecule has 0 saturated heterocycles. The third kappa shape index (κ3) is 2.16. The topological polar surface area (TPSA) is 103 Å². The average Bonchev–Trinajstić information content (AvgIpc) is 3.16. The maximum absolute atomic E-state index is 11.4. The van der Waals surface area contributed by atoms with Crippen molar-refractivity contribution in [1.29, 1.82) is 0 Å². The van der Waals surface area contributed by atoms with E-state index in [1.807, 2.05) is 30.5 Å². The Labute approximate surface area is 138 Å². The number of H-pyrrole nitrogens is 1. The van der Waals surface area contributed by atoms with Crippen LogP contribution in [0.5, 0.6) is 0 Å². The highest BCUT2D eigenvalue weighted by Crippen LogP contribution is 2.31. The zero-order valence-corrected chi connectivity index (χ0v) is 13.0. The van der Waals surface area contributed by atoms with Crippen molar-refractivity contribution in [3.8, 4) is 11.4 Å². The number of carbonyl (C=O) groups is 1. The molecule has 0 aliphatic carbocycles. The van der Waals surface area contributed by atoms with Crippen LogP contribution in [0.1, 0.15) is 10.4 Å². The smallest absolute Gasteiger partial charge is 0.248 e. The molecule has 0 radical (unpaired) electrons. The summed E-state index contributed by atoms with van der Waals surface area (Å²) in [6.07, 6.45) is 1.95. The summed E-state index contributed by atoms with van der Waals surface area (Å²) in [7, 11) is 0. The molecule has 24 heavy (non-hydrogen) atoms. The number of aromatic amines is 1. The summed E-state index contributed by atoms with van der Waals surface area (Å²) in [5.74, 6) is 0.369. The van der Waals surface area contributed by atoms with E-state index in [0.717, 1.165) is 33.3 Å². The Morgan fingerprint density at radius 2 is 2.04 bits per heavy atom. The van der Waals surface area contributed by atoms with E-state index in [-0.39, 0.29) is 0 Å². The zero-order chi connectivity index (χ0) is 16.7. The highest BCUT2D eigenvalue weighted by atomic mass is 16.1. The third-order valence-corrected chi connectivity index (χ3v) is 4.22. The summed E-state index contributed by atoms with van der Waals surface area (Å²) in [6, 6.07) is 13.4. The lowest BCUT2D eigenvalue weighted by molar-refractivity contribution is 0.100. The van der Waals surface area contributed by atoms with Crippen molar-refractivity contribution >= 4 is 27.8 Å². The van der Waals surface area contributed by atoms with Crippen molar-refractivity contribution in [3.05, 3.63) is 54.2 Å². The van der Waals surface area contributed by atoms with Crippen LogP contribution in [0.4, 0.5) is 0 Å². The lowest BCUT2D eigenvalue weighted by atomic mass is 10.1. The largest absolute Gasteiger partial charge is 0.366 e. The molecule has 0 atom stereocenters. The standard InChI is InChI=1S/C18H17N5O/c19-7-8-23-16-6-5-11(17(20)24)9-15(16)22-18(23)13-10-21-14-4-2-1-3-12(13)14/h1-6,9-10,21H,7-8,19H2,(H2,20,24). The van der Waals surface area contributed by atoms with Crippen LogP contribution >= 0.6 is 0 Å². The molecule has 4 rings (SSSR count). The Bertz CT molecular complexity index is 1060. The highest BCUT2D eigenvalue weighted by Gasteiger charge is 2.16. The highest BCUT2D eigenvalue weighted by molar-refractivity contribution is 5.98. The second kappa shape index (κ2) is 5.50. The van der Waals surface area contributed by atoms with Crippen LogP contribution in [0.25, 0.3) is 33.3 Å². The number of rotatable bonds is 4. The van der Waals surface area contributed by atoms with Gasteiger partial charge >= 0.3 is 0 Å². The first kappa shape index (κ1) is 14.5. The number of hydrogen-bond acceptors (Lipinski definition) is 3. The Morgan fingerprint density at radius 1 is 1.21 bits per heavy atom. The number of imidazole rings is 1. The van der Waals surface area contributed by atoms with Gasteiger partial charge in [-0.3, -0.25) is 4.79 Å². The first-order valence-electron chi connectivity index (χ1n) is 7.75. The van der Waals surface area contributed by atoms with Crippen molar-refractivity contribution in [3.63, 3.8) is 0 Å². The van der Waals surface area contributed by atoms with Gasteiger partial charge in [0.15, 0.2) is 0 Å². The molecule has 2 aromatic heterocycles. The number of aromatic nitrogens is 3. The summed E-state index contributed by atoms with van der Waals surface area (Å²) in [6.45, 7) is 1.14. The number of para-hydroxylation sites is 1. The molecule has 4 aromatic rings. The minimum atomic E-state index is -0.459. The minimum Gasteiger partial charge on any atom is -0.366 e. The maximum atomic E-state index is 11.4. The van der Waals surface area contributed by atoms with Crippen LogP contribution in [0.15, 0.2) is 48.7 Å². The van der Waals surface area contributed by atoms with Gasteiger partial charge in [0, 0.05) is 41.3 Å². The molecule has 0 fully saturated rings. The van der Waals surface area contributed by atoms with Crippen LogP contribution in [0.2, 0.25) is 0 Å². The van der Waals surface area contributed by atoms with E-state index in [1.165, 1.54) is 0 Å². The number of nitrogens with zero attached hydrogens (tertiary/aromatic N) is 2. The number of amides is 1. The predicted octanol–water partition coefficient (Wildman–Crippen LogP) is 2.24. The quantitative estimate of drug-likeness (QED) is 0.537. The lowest BCUT2D eigenvalue weighted by Crippen LogP contribution is -2.12. The number of hydrogen-bond donors (Lipinski definition) is 3. The molecule has 5 N–H and O–H groups in total. The Balaban J connectivity index is 1.99. The molecule has 1 amide bonds. The molecule has 6 nitrogen and oxygen atoms in total. The van der Waals surface area contributed by atoms with E-state index >= 15 is 0 Å². The van der Waals surface area contributed by atoms with E-state index in [2.05, 4.69) is 15.6 Å². The molecule has 0 spiro atoms. The molecule has 2 aromatic carbocycles. The Hall–Kier alpha value is -3.12. The average molecular weight is 319 g/mol. The van der Waals surface area contributed by atoms with Gasteiger partial charge in [0.1, 0.15) is 5.82 Å². The van der Waals surface area contributed by atoms with Gasteiger partial charge in [-0.25, -0.2) is 4.98 Å². The molecule has 0 aliphatic heterocycles. The van der Waals surface area contributed by atoms with E-state index < -0.39 is 5.91 Å². The van der Waals surface area contributed by atoms with Crippen molar-refractivity contribution < 1.29 is 4.79 Å². The molecular weight excluding hydrogens is 302 g/mol. The molecule has 0 bridgehead atoms. The fraction of sp³-hybridized carbons (Fsp3) is 0.111. The second-order valence-electron chi connectivity index (χ2n) is 5.69. The number of primary amides is 1. The van der Waals surface area contributed by atoms with Crippen LogP contribution < -0.4 is 11.5 Å². The van der Waals surface area contributed by atoms with Gasteiger partial charge in [0.2, 0.25) is 5.91 Å². The monoisotopic (exact) mass is 319 g/mol. The first-order chi connectivity index (χ1) is 11.7. The molecule has 0 aliphatic rings. The molecule has 6 heteroatoms. The molecule has 0 saturated carbocycles. The molecular formula is C18H17N5O. The second-order valence-corrected chi connectivity index (χ2v) is 5.69. The van der Waals surface area contributed by atoms with Crippen molar-refractivity contribution in [1.82, 2.24) is 14.5 Å². The third-order valence-electron chi connectivity index (χ3n) is 4.22. The van der Waals surface area contributed by atoms with Crippen molar-refractivity contribution in [2.24, 2.45) is 11.5 Å². The molecule has 0 unspecified atom stereocenters. The summed E-state index contributed by atoms with van der Waals surface area (Å²) in [5.41, 5.74) is 15.4. The van der Waals surface area contributed by atoms with E-state index in [4.69, 9.17) is 16.5 Å². The SMILES string of the molecule is NCCn1c(-c2c[nH]c3ccccc23)nc2cc(C(N)=O)ccc21. The van der Waals surface area contributed by atoms with Crippen LogP contribution in [-0.2, 0) is 6.54 Å². The summed E-state index contributed by atoms with van der Waals surface area (Å²) in [5, 5.41) is 1.10. The molecule has 120 valence electrons. The number of nitrogens with two attached hydrogens (primary N) is 2. The van der Waals surface area contributed by atoms with Gasteiger partial charge in [-0.15, -0.1) is 0 Å². The van der Waals surface area contributed by atoms with Crippen molar-refractivity contribution in [2.45, 2.75) is 6.54 Å². The van der Waals surface area contributed by atoms with Gasteiger partial charge in [-0.05, 0) is 24.3 Å². The summed E-state index contributed by atoms with van der Waals surface area (Å²) < 4.78 is 2.08. The first-order valence-corrected chi connectivity index (χ1v) is 7.75. The van der Waals surface area contributed by atoms with E-state index in [1.54, 1.807) is 12.1 Å². The molecule has 2 heterocycles. The number of nitrogens with one attached hydrogen (secondary N) is 1. The summed E-state index contributed by atoms with van der Waals surface area (Å²) >= 11 is 0. The van der Waals surface area contributed by atoms with Gasteiger partial charge < -0.3 is 21.0 Å². The van der Waals surface area contributed by atoms with E-state index in [0.29, 0.717) is 18.7 Å². The van der Waals surface area contributed by atoms with Gasteiger partial charge in [0.05, 0.1) is 11.0 Å². The Kier molecular flexibility index (Phi) is 3.32. The minimum absolute atomic E-state index is 0.449. The van der Waals surface area contributed by atoms with Gasteiger partial charge in [0.25, 0.3) is 0 Å². The zero-order valence-electron chi connectivity index (χ0n) is 13.0. The Morgan fingerprint density at radius 3 is 2.83 bits per heavy atom. The predicted molar refractivity (Wildman–Crippen MR) is 94.6 cm³/mol. The lowest BCUT2D eigenvalue weighted by Gasteiger charge is -2.07. The van der Waals surface area contributed by atoms with Crippen LogP contribution in [0.3, 0.4) is 0 Å². The number of benzene rings is 2. The fourth-order valence-corrected chi connectivity index (χ4v) is 3.10. The van der Waals surface area contributed by atoms with Crippen LogP contribution in [0, 0.1) is 0 Å². The van der Waals surface area contributed by atoms with Gasteiger partial charge in [-0.2, -0.15) is 0 Å². The fourth-order valence-electron chi connectivity index (χ4n) is 3.10. The van der Waals surface area contributed by atoms with Crippen LogP contribution in [-0.4, -0.2) is 27.0 Å². The maximum Gasteiger partial charge on any atom is 0.248 e. The normalized spacial score (nSPS) is 11.4. The summed E-state index contributed by atoms with van der Waals surface area (Å²) in [4.78, 5) is 19.4. The van der Waals surface area contributed by atoms with Crippen molar-refractivity contribution in [2.75, 3.05) is 6.54 Å². The van der Waals surface area contributed by atoms with Gasteiger partial charge in [-0.1, -0.05) is 18.2 Å². The number of fused-ring (bicyclic) bond motifs is 2. The number of carbonyl (C=O) groups excluding carboxylic acids is 1.